The summed E-state index contributed by atoms with van der Waals surface area (Å²) in [7, 11) is 0. The van der Waals surface area contributed by atoms with E-state index in [1.807, 2.05) is 24.3 Å². The summed E-state index contributed by atoms with van der Waals surface area (Å²) in [5.41, 5.74) is 14.1. The first-order valence-electron chi connectivity index (χ1n) is 20.2. The van der Waals surface area contributed by atoms with Crippen LogP contribution in [0, 0.1) is 0 Å². The largest absolute Gasteiger partial charge is 0.455 e. The highest BCUT2D eigenvalue weighted by molar-refractivity contribution is 6.12. The third-order valence-corrected chi connectivity index (χ3v) is 11.7. The third kappa shape index (κ3) is 5.46. The van der Waals surface area contributed by atoms with Gasteiger partial charge in [-0.15, -0.1) is 0 Å². The van der Waals surface area contributed by atoms with E-state index in [1.54, 1.807) is 0 Å². The fourth-order valence-corrected chi connectivity index (χ4v) is 9.02. The Morgan fingerprint density at radius 2 is 0.733 bits per heavy atom. The van der Waals surface area contributed by atoms with E-state index < -0.39 is 0 Å². The normalized spacial score (nSPS) is 11.7. The first-order chi connectivity index (χ1) is 29.8. The Morgan fingerprint density at radius 1 is 0.300 bits per heavy atom. The van der Waals surface area contributed by atoms with Crippen molar-refractivity contribution in [2.45, 2.75) is 0 Å². The van der Waals surface area contributed by atoms with Crippen molar-refractivity contribution in [1.29, 1.82) is 0 Å². The van der Waals surface area contributed by atoms with Gasteiger partial charge in [0.25, 0.3) is 0 Å². The zero-order valence-electron chi connectivity index (χ0n) is 32.3. The van der Waals surface area contributed by atoms with Gasteiger partial charge in [-0.1, -0.05) is 170 Å². The minimum atomic E-state index is 0.601. The number of nitrogens with zero attached hydrogens (tertiary/aromatic N) is 2. The summed E-state index contributed by atoms with van der Waals surface area (Å²) < 4.78 is 13.3. The SMILES string of the molecule is c1ccc(-c2c(-c3nc(-c4cccc5c4oc4ccccc45)cc(-c4cccc5c4oc4ccccc45)n3)ccc(-c3cccc4ccccc34)c2-c2ccccc2)cc1. The smallest absolute Gasteiger partial charge is 0.161 e. The summed E-state index contributed by atoms with van der Waals surface area (Å²) in [4.78, 5) is 11.0. The lowest BCUT2D eigenvalue weighted by molar-refractivity contribution is 0.669. The second-order valence-corrected chi connectivity index (χ2v) is 15.2. The van der Waals surface area contributed by atoms with Gasteiger partial charge in [-0.3, -0.25) is 0 Å². The molecule has 4 nitrogen and oxygen atoms in total. The molecule has 0 aliphatic rings. The number of hydrogen-bond acceptors (Lipinski definition) is 4. The van der Waals surface area contributed by atoms with Crippen molar-refractivity contribution in [2.75, 3.05) is 0 Å². The molecule has 0 N–H and O–H groups in total. The molecule has 0 saturated heterocycles. The molecule has 0 radical (unpaired) electrons. The molecule has 0 atom stereocenters. The molecule has 4 heteroatoms. The molecule has 0 fully saturated rings. The van der Waals surface area contributed by atoms with Gasteiger partial charge in [0.05, 0.1) is 11.4 Å². The van der Waals surface area contributed by atoms with Crippen LogP contribution in [0.5, 0.6) is 0 Å². The Hall–Kier alpha value is -8.08. The van der Waals surface area contributed by atoms with Crippen LogP contribution < -0.4 is 0 Å². The molecule has 0 bridgehead atoms. The molecule has 3 aromatic heterocycles. The van der Waals surface area contributed by atoms with Crippen LogP contribution in [0.15, 0.2) is 215 Å². The maximum atomic E-state index is 6.63. The monoisotopic (exact) mass is 766 g/mol. The standard InChI is InChI=1S/C56H34N2O2/c1-3-17-36(18-4-1)52-42(39-25-13-21-35-16-7-8-22-38(35)39)32-33-47(53(52)37-19-5-2-6-20-37)56-57-48(45-28-14-26-43-40-23-9-11-30-50(40)59-54(43)45)34-49(58-56)46-29-15-27-44-41-24-10-12-31-51(41)60-55(44)46/h1-34H. The highest BCUT2D eigenvalue weighted by atomic mass is 16.3. The van der Waals surface area contributed by atoms with Gasteiger partial charge in [0.1, 0.15) is 22.3 Å². The van der Waals surface area contributed by atoms with Crippen molar-refractivity contribution < 1.29 is 8.83 Å². The lowest BCUT2D eigenvalue weighted by atomic mass is 9.83. The zero-order chi connectivity index (χ0) is 39.6. The Morgan fingerprint density at radius 3 is 1.33 bits per heavy atom. The fourth-order valence-electron chi connectivity index (χ4n) is 9.02. The van der Waals surface area contributed by atoms with Crippen LogP contribution in [0.1, 0.15) is 0 Å². The summed E-state index contributed by atoms with van der Waals surface area (Å²) in [5.74, 6) is 0.601. The van der Waals surface area contributed by atoms with Gasteiger partial charge in [0.2, 0.25) is 0 Å². The van der Waals surface area contributed by atoms with Crippen LogP contribution in [0.3, 0.4) is 0 Å². The molecule has 60 heavy (non-hydrogen) atoms. The summed E-state index contributed by atoms with van der Waals surface area (Å²) >= 11 is 0. The molecular weight excluding hydrogens is 733 g/mol. The van der Waals surface area contributed by atoms with Crippen LogP contribution in [-0.2, 0) is 0 Å². The van der Waals surface area contributed by atoms with Crippen LogP contribution in [-0.4, -0.2) is 9.97 Å². The molecule has 3 heterocycles. The highest BCUT2D eigenvalue weighted by Crippen LogP contribution is 2.47. The average molecular weight is 767 g/mol. The van der Waals surface area contributed by atoms with E-state index in [0.29, 0.717) is 5.82 Å². The Bertz CT molecular complexity index is 3460. The molecule has 0 unspecified atom stereocenters. The van der Waals surface area contributed by atoms with Gasteiger partial charge in [-0.05, 0) is 75.0 Å². The average Bonchev–Trinajstić information content (AvgIpc) is 3.90. The molecule has 0 saturated carbocycles. The van der Waals surface area contributed by atoms with Crippen LogP contribution in [0.2, 0.25) is 0 Å². The number of aromatic nitrogens is 2. The second kappa shape index (κ2) is 13.8. The molecular formula is C56H34N2O2. The fraction of sp³-hybridized carbons (Fsp3) is 0. The Balaban J connectivity index is 1.19. The van der Waals surface area contributed by atoms with Crippen LogP contribution in [0.4, 0.5) is 0 Å². The van der Waals surface area contributed by atoms with Gasteiger partial charge in [-0.25, -0.2) is 9.97 Å². The number of furan rings is 2. The lowest BCUT2D eigenvalue weighted by Crippen LogP contribution is -2.00. The van der Waals surface area contributed by atoms with Crippen molar-refractivity contribution in [3.05, 3.63) is 206 Å². The lowest BCUT2D eigenvalue weighted by Gasteiger charge is -2.21. The number of hydrogen-bond donors (Lipinski definition) is 0. The van der Waals surface area contributed by atoms with Crippen molar-refractivity contribution in [2.24, 2.45) is 0 Å². The highest BCUT2D eigenvalue weighted by Gasteiger charge is 2.24. The van der Waals surface area contributed by atoms with Gasteiger partial charge in [0, 0.05) is 43.8 Å². The minimum absolute atomic E-state index is 0.601. The summed E-state index contributed by atoms with van der Waals surface area (Å²) in [5, 5.41) is 6.61. The molecule has 0 amide bonds. The van der Waals surface area contributed by atoms with E-state index in [9.17, 15) is 0 Å². The summed E-state index contributed by atoms with van der Waals surface area (Å²) in [6, 6.07) is 72.1. The van der Waals surface area contributed by atoms with E-state index in [0.717, 1.165) is 99.8 Å². The maximum absolute atomic E-state index is 6.63. The zero-order valence-corrected chi connectivity index (χ0v) is 32.3. The third-order valence-electron chi connectivity index (χ3n) is 11.7. The van der Waals surface area contributed by atoms with E-state index >= 15 is 0 Å². The van der Waals surface area contributed by atoms with Crippen molar-refractivity contribution in [1.82, 2.24) is 9.97 Å². The van der Waals surface area contributed by atoms with E-state index in [4.69, 9.17) is 18.8 Å². The van der Waals surface area contributed by atoms with Crippen LogP contribution >= 0.6 is 0 Å². The van der Waals surface area contributed by atoms with Gasteiger partial charge in [-0.2, -0.15) is 0 Å². The van der Waals surface area contributed by atoms with Crippen LogP contribution in [0.25, 0.3) is 122 Å². The number of fused-ring (bicyclic) bond motifs is 7. The molecule has 280 valence electrons. The quantitative estimate of drug-likeness (QED) is 0.169. The maximum Gasteiger partial charge on any atom is 0.161 e. The molecule has 9 aromatic carbocycles. The summed E-state index contributed by atoms with van der Waals surface area (Å²) in [6.45, 7) is 0. The predicted octanol–water partition coefficient (Wildman–Crippen LogP) is 15.4. The Labute approximate surface area is 345 Å². The predicted molar refractivity (Wildman–Crippen MR) is 247 cm³/mol. The van der Waals surface area contributed by atoms with Crippen molar-refractivity contribution in [3.8, 4) is 67.3 Å². The Kier molecular flexibility index (Phi) is 7.82. The van der Waals surface area contributed by atoms with E-state index in [1.165, 1.54) is 16.3 Å². The van der Waals surface area contributed by atoms with Gasteiger partial charge >= 0.3 is 0 Å². The number of rotatable bonds is 6. The van der Waals surface area contributed by atoms with Crippen molar-refractivity contribution in [3.63, 3.8) is 0 Å². The summed E-state index contributed by atoms with van der Waals surface area (Å²) in [6.07, 6.45) is 0. The number of para-hydroxylation sites is 4. The van der Waals surface area contributed by atoms with E-state index in [2.05, 4.69) is 182 Å². The molecule has 12 aromatic rings. The minimum Gasteiger partial charge on any atom is -0.455 e. The first-order valence-corrected chi connectivity index (χ1v) is 20.2. The van der Waals surface area contributed by atoms with Gasteiger partial charge < -0.3 is 8.83 Å². The van der Waals surface area contributed by atoms with Gasteiger partial charge in [0.15, 0.2) is 5.82 Å². The number of benzene rings is 9. The van der Waals surface area contributed by atoms with E-state index in [-0.39, 0.29) is 0 Å². The second-order valence-electron chi connectivity index (χ2n) is 15.2. The molecule has 0 spiro atoms. The first kappa shape index (κ1) is 34.0. The molecule has 12 rings (SSSR count). The van der Waals surface area contributed by atoms with Crippen molar-refractivity contribution >= 4 is 54.6 Å². The molecule has 0 aliphatic heterocycles. The molecule has 0 aliphatic carbocycles. The topological polar surface area (TPSA) is 52.1 Å².